The Hall–Kier alpha value is -2.77. The molecule has 0 unspecified atom stereocenters. The predicted molar refractivity (Wildman–Crippen MR) is 124 cm³/mol. The molecule has 5 nitrogen and oxygen atoms in total. The number of nitrogens with zero attached hydrogens (tertiary/aromatic N) is 2. The second-order valence-electron chi connectivity index (χ2n) is 6.99. The number of aromatic hydroxyl groups is 1. The first-order valence-electron chi connectivity index (χ1n) is 9.66. The summed E-state index contributed by atoms with van der Waals surface area (Å²) in [7, 11) is 0. The molecule has 1 heterocycles. The van der Waals surface area contributed by atoms with Gasteiger partial charge in [0.05, 0.1) is 18.5 Å². The van der Waals surface area contributed by atoms with Gasteiger partial charge in [0.25, 0.3) is 0 Å². The molecule has 1 atom stereocenters. The van der Waals surface area contributed by atoms with Gasteiger partial charge in [-0.05, 0) is 61.8 Å². The lowest BCUT2D eigenvalue weighted by Gasteiger charge is -2.18. The fraction of sp³-hybridized carbons (Fsp3) is 0.261. The number of hydrogen-bond donors (Lipinski definition) is 1. The van der Waals surface area contributed by atoms with Crippen LogP contribution in [0.25, 0.3) is 0 Å². The maximum Gasteiger partial charge on any atom is 0.329 e. The Balaban J connectivity index is 1.97. The van der Waals surface area contributed by atoms with E-state index in [9.17, 15) is 9.90 Å². The van der Waals surface area contributed by atoms with E-state index in [1.165, 1.54) is 15.9 Å². The Morgan fingerprint density at radius 3 is 2.53 bits per heavy atom. The van der Waals surface area contributed by atoms with Gasteiger partial charge in [0.2, 0.25) is 5.88 Å². The normalized spacial score (nSPS) is 12.2. The van der Waals surface area contributed by atoms with Crippen LogP contribution in [0.2, 0.25) is 0 Å². The topological polar surface area (TPSA) is 63.8 Å². The van der Waals surface area contributed by atoms with E-state index in [-0.39, 0.29) is 12.5 Å². The number of aryl methyl sites for hydroxylation is 2. The zero-order chi connectivity index (χ0) is 21.7. The van der Waals surface area contributed by atoms with Crippen molar-refractivity contribution in [1.82, 2.24) is 4.57 Å². The molecule has 1 N–H and O–H groups in total. The van der Waals surface area contributed by atoms with E-state index in [4.69, 9.17) is 17.0 Å². The first-order valence-corrected chi connectivity index (χ1v) is 10.9. The summed E-state index contributed by atoms with van der Waals surface area (Å²) >= 11 is 6.69. The molecule has 0 spiro atoms. The molecular formula is C23H24N2O3S2. The SMILES string of the molecule is CCOC(=O)[C@H](Cc1ccccc1)n1c(O)c(C=Nc2cc(C)cc(C)c2)sc1=S. The summed E-state index contributed by atoms with van der Waals surface area (Å²) in [5.74, 6) is -0.504. The number of benzene rings is 2. The van der Waals surface area contributed by atoms with Crippen LogP contribution in [0.1, 0.15) is 34.5 Å². The molecule has 3 rings (SSSR count). The van der Waals surface area contributed by atoms with Crippen molar-refractivity contribution in [2.45, 2.75) is 33.2 Å². The molecule has 156 valence electrons. The van der Waals surface area contributed by atoms with Crippen molar-refractivity contribution in [3.05, 3.63) is 74.1 Å². The van der Waals surface area contributed by atoms with Gasteiger partial charge in [-0.25, -0.2) is 4.79 Å². The minimum Gasteiger partial charge on any atom is -0.493 e. The number of rotatable bonds is 7. The Morgan fingerprint density at radius 1 is 1.23 bits per heavy atom. The van der Waals surface area contributed by atoms with Crippen molar-refractivity contribution in [2.24, 2.45) is 4.99 Å². The Labute approximate surface area is 185 Å². The van der Waals surface area contributed by atoms with Crippen LogP contribution in [-0.2, 0) is 16.0 Å². The molecule has 1 aromatic heterocycles. The third kappa shape index (κ3) is 5.23. The largest absolute Gasteiger partial charge is 0.493 e. The molecular weight excluding hydrogens is 416 g/mol. The van der Waals surface area contributed by atoms with Gasteiger partial charge in [0, 0.05) is 6.42 Å². The maximum absolute atomic E-state index is 12.7. The average molecular weight is 441 g/mol. The number of carbonyl (C=O) groups excluding carboxylic acids is 1. The summed E-state index contributed by atoms with van der Waals surface area (Å²) in [6, 6.07) is 14.9. The highest BCUT2D eigenvalue weighted by Gasteiger charge is 2.27. The van der Waals surface area contributed by atoms with Crippen LogP contribution in [0.3, 0.4) is 0 Å². The number of aliphatic imine (C=N–C) groups is 1. The molecule has 0 aliphatic heterocycles. The molecule has 3 aromatic rings. The molecule has 0 saturated heterocycles. The van der Waals surface area contributed by atoms with Crippen LogP contribution in [-0.4, -0.2) is 28.5 Å². The average Bonchev–Trinajstić information content (AvgIpc) is 2.98. The van der Waals surface area contributed by atoms with Crippen LogP contribution < -0.4 is 0 Å². The third-order valence-corrected chi connectivity index (χ3v) is 5.85. The summed E-state index contributed by atoms with van der Waals surface area (Å²) in [5.41, 5.74) is 3.97. The van der Waals surface area contributed by atoms with Crippen LogP contribution in [0, 0.1) is 17.8 Å². The highest BCUT2D eigenvalue weighted by molar-refractivity contribution is 7.73. The fourth-order valence-corrected chi connectivity index (χ4v) is 4.55. The van der Waals surface area contributed by atoms with Crippen molar-refractivity contribution in [3.63, 3.8) is 0 Å². The molecule has 0 bridgehead atoms. The van der Waals surface area contributed by atoms with Crippen LogP contribution in [0.4, 0.5) is 5.69 Å². The van der Waals surface area contributed by atoms with E-state index in [0.29, 0.717) is 15.3 Å². The molecule has 0 fully saturated rings. The van der Waals surface area contributed by atoms with E-state index in [1.807, 2.05) is 56.3 Å². The van der Waals surface area contributed by atoms with Crippen molar-refractivity contribution in [3.8, 4) is 5.88 Å². The van der Waals surface area contributed by atoms with Crippen molar-refractivity contribution in [2.75, 3.05) is 6.61 Å². The highest BCUT2D eigenvalue weighted by Crippen LogP contribution is 2.31. The molecule has 0 aliphatic carbocycles. The summed E-state index contributed by atoms with van der Waals surface area (Å²) in [6.07, 6.45) is 1.96. The highest BCUT2D eigenvalue weighted by atomic mass is 32.1. The standard InChI is InChI=1S/C23H24N2O3S2/c1-4-28-22(27)19(13-17-8-6-5-7-9-17)25-21(26)20(30-23(25)29)14-24-18-11-15(2)10-16(3)12-18/h5-12,14,19,26H,4,13H2,1-3H3/t19-/m0/s1. The molecule has 30 heavy (non-hydrogen) atoms. The second-order valence-corrected chi connectivity index (χ2v) is 8.66. The Kier molecular flexibility index (Phi) is 7.18. The van der Waals surface area contributed by atoms with Crippen LogP contribution in [0.5, 0.6) is 5.88 Å². The summed E-state index contributed by atoms with van der Waals surface area (Å²) in [5, 5.41) is 10.9. The molecule has 0 aliphatic rings. The minimum absolute atomic E-state index is 0.0768. The van der Waals surface area contributed by atoms with Gasteiger partial charge in [-0.2, -0.15) is 0 Å². The predicted octanol–water partition coefficient (Wildman–Crippen LogP) is 5.70. The number of thiazole rings is 1. The van der Waals surface area contributed by atoms with Crippen LogP contribution >= 0.6 is 23.6 Å². The molecule has 0 saturated carbocycles. The Morgan fingerprint density at radius 2 is 1.90 bits per heavy atom. The zero-order valence-electron chi connectivity index (χ0n) is 17.2. The quantitative estimate of drug-likeness (QED) is 0.291. The van der Waals surface area contributed by atoms with E-state index >= 15 is 0 Å². The second kappa shape index (κ2) is 9.82. The van der Waals surface area contributed by atoms with Gasteiger partial charge in [-0.15, -0.1) is 0 Å². The van der Waals surface area contributed by atoms with Gasteiger partial charge in [-0.1, -0.05) is 47.7 Å². The summed E-state index contributed by atoms with van der Waals surface area (Å²) in [4.78, 5) is 17.7. The minimum atomic E-state index is -0.750. The molecule has 0 radical (unpaired) electrons. The lowest BCUT2D eigenvalue weighted by molar-refractivity contribution is -0.147. The van der Waals surface area contributed by atoms with Crippen molar-refractivity contribution >= 4 is 41.4 Å². The van der Waals surface area contributed by atoms with Gasteiger partial charge in [-0.3, -0.25) is 9.56 Å². The number of esters is 1. The van der Waals surface area contributed by atoms with E-state index in [2.05, 4.69) is 11.1 Å². The monoisotopic (exact) mass is 440 g/mol. The number of ether oxygens (including phenoxy) is 1. The number of hydrogen-bond acceptors (Lipinski definition) is 6. The summed E-state index contributed by atoms with van der Waals surface area (Å²) < 4.78 is 7.12. The van der Waals surface area contributed by atoms with Crippen molar-refractivity contribution in [1.29, 1.82) is 0 Å². The third-order valence-electron chi connectivity index (χ3n) is 4.52. The smallest absolute Gasteiger partial charge is 0.329 e. The van der Waals surface area contributed by atoms with Gasteiger partial charge in [0.1, 0.15) is 10.9 Å². The lowest BCUT2D eigenvalue weighted by atomic mass is 10.1. The van der Waals surface area contributed by atoms with E-state index in [0.717, 1.165) is 22.4 Å². The van der Waals surface area contributed by atoms with E-state index < -0.39 is 12.0 Å². The maximum atomic E-state index is 12.7. The van der Waals surface area contributed by atoms with Gasteiger partial charge in [0.15, 0.2) is 3.95 Å². The van der Waals surface area contributed by atoms with Crippen molar-refractivity contribution < 1.29 is 14.6 Å². The molecule has 2 aromatic carbocycles. The van der Waals surface area contributed by atoms with Gasteiger partial charge >= 0.3 is 5.97 Å². The zero-order valence-corrected chi connectivity index (χ0v) is 18.8. The lowest BCUT2D eigenvalue weighted by Crippen LogP contribution is -2.24. The molecule has 7 heteroatoms. The van der Waals surface area contributed by atoms with E-state index in [1.54, 1.807) is 13.1 Å². The first kappa shape index (κ1) is 21.9. The van der Waals surface area contributed by atoms with Gasteiger partial charge < -0.3 is 9.84 Å². The molecule has 0 amide bonds. The summed E-state index contributed by atoms with van der Waals surface area (Å²) in [6.45, 7) is 6.03. The number of carbonyl (C=O) groups is 1. The number of aromatic nitrogens is 1. The first-order chi connectivity index (χ1) is 14.4. The fourth-order valence-electron chi connectivity index (χ4n) is 3.27. The Bertz CT molecular complexity index is 1100. The van der Waals surface area contributed by atoms with Crippen LogP contribution in [0.15, 0.2) is 53.5 Å².